The Kier molecular flexibility index (Phi) is 4.16. The van der Waals surface area contributed by atoms with E-state index in [2.05, 4.69) is 9.97 Å². The molecule has 0 unspecified atom stereocenters. The van der Waals surface area contributed by atoms with Gasteiger partial charge in [-0.05, 0) is 19.1 Å². The molecule has 2 aromatic rings. The fourth-order valence-electron chi connectivity index (χ4n) is 2.83. The predicted molar refractivity (Wildman–Crippen MR) is 78.8 cm³/mol. The van der Waals surface area contributed by atoms with E-state index in [1.807, 2.05) is 4.90 Å². The lowest BCUT2D eigenvalue weighted by Gasteiger charge is -2.27. The number of aromatic nitrogens is 2. The number of nitrogens with one attached hydrogen (secondary N) is 1. The van der Waals surface area contributed by atoms with E-state index in [0.29, 0.717) is 37.0 Å². The van der Waals surface area contributed by atoms with Crippen molar-refractivity contribution in [1.82, 2.24) is 14.9 Å². The van der Waals surface area contributed by atoms with Gasteiger partial charge < -0.3 is 4.98 Å². The second-order valence-corrected chi connectivity index (χ2v) is 5.84. The lowest BCUT2D eigenvalue weighted by Crippen LogP contribution is -2.35. The summed E-state index contributed by atoms with van der Waals surface area (Å²) < 4.78 is 51.7. The molecule has 0 atom stereocenters. The molecule has 0 saturated carbocycles. The average molecular weight is 341 g/mol. The summed E-state index contributed by atoms with van der Waals surface area (Å²) >= 11 is 0. The largest absolute Gasteiger partial charge is 0.416 e. The SMILES string of the molecule is Cc1nc2c(c(=O)[nH]1)CN(Cc1ccc(C(F)(F)F)cc1F)CC2. The summed E-state index contributed by atoms with van der Waals surface area (Å²) in [6.07, 6.45) is -4.03. The number of halogens is 4. The lowest BCUT2D eigenvalue weighted by atomic mass is 10.0. The van der Waals surface area contributed by atoms with Crippen LogP contribution in [0.25, 0.3) is 0 Å². The molecule has 0 amide bonds. The first kappa shape index (κ1) is 16.6. The Morgan fingerprint density at radius 2 is 2.08 bits per heavy atom. The highest BCUT2D eigenvalue weighted by Crippen LogP contribution is 2.30. The molecule has 2 heterocycles. The maximum Gasteiger partial charge on any atom is 0.416 e. The van der Waals surface area contributed by atoms with E-state index in [1.54, 1.807) is 6.92 Å². The number of aryl methyl sites for hydroxylation is 1. The Labute approximate surface area is 135 Å². The zero-order chi connectivity index (χ0) is 17.5. The zero-order valence-electron chi connectivity index (χ0n) is 12.9. The van der Waals surface area contributed by atoms with Crippen molar-refractivity contribution in [2.24, 2.45) is 0 Å². The number of hydrogen-bond donors (Lipinski definition) is 1. The van der Waals surface area contributed by atoms with Gasteiger partial charge in [-0.3, -0.25) is 9.69 Å². The first-order valence-corrected chi connectivity index (χ1v) is 7.40. The van der Waals surface area contributed by atoms with Gasteiger partial charge >= 0.3 is 6.18 Å². The van der Waals surface area contributed by atoms with Gasteiger partial charge in [0.2, 0.25) is 0 Å². The molecule has 1 N–H and O–H groups in total. The first-order valence-electron chi connectivity index (χ1n) is 7.40. The first-order chi connectivity index (χ1) is 11.2. The second-order valence-electron chi connectivity index (χ2n) is 5.84. The van der Waals surface area contributed by atoms with Gasteiger partial charge in [-0.1, -0.05) is 6.07 Å². The number of fused-ring (bicyclic) bond motifs is 1. The van der Waals surface area contributed by atoms with Gasteiger partial charge in [-0.15, -0.1) is 0 Å². The van der Waals surface area contributed by atoms with Crippen molar-refractivity contribution in [3.05, 3.63) is 62.6 Å². The molecule has 1 aliphatic heterocycles. The van der Waals surface area contributed by atoms with Crippen LogP contribution in [0.2, 0.25) is 0 Å². The summed E-state index contributed by atoms with van der Waals surface area (Å²) in [7, 11) is 0. The third-order valence-corrected chi connectivity index (χ3v) is 4.04. The van der Waals surface area contributed by atoms with Crippen LogP contribution in [0.15, 0.2) is 23.0 Å². The van der Waals surface area contributed by atoms with E-state index in [1.165, 1.54) is 0 Å². The van der Waals surface area contributed by atoms with Crippen molar-refractivity contribution in [3.63, 3.8) is 0 Å². The summed E-state index contributed by atoms with van der Waals surface area (Å²) in [6, 6.07) is 2.52. The Bertz CT molecular complexity index is 829. The van der Waals surface area contributed by atoms with Crippen LogP contribution < -0.4 is 5.56 Å². The number of H-pyrrole nitrogens is 1. The highest BCUT2D eigenvalue weighted by Gasteiger charge is 2.31. The van der Waals surface area contributed by atoms with Crippen molar-refractivity contribution in [1.29, 1.82) is 0 Å². The molecular weight excluding hydrogens is 326 g/mol. The van der Waals surface area contributed by atoms with Gasteiger partial charge in [-0.2, -0.15) is 13.2 Å². The smallest absolute Gasteiger partial charge is 0.310 e. The number of benzene rings is 1. The molecule has 0 fully saturated rings. The van der Waals surface area contributed by atoms with Gasteiger partial charge in [0.1, 0.15) is 11.6 Å². The fourth-order valence-corrected chi connectivity index (χ4v) is 2.83. The molecule has 4 nitrogen and oxygen atoms in total. The number of hydrogen-bond acceptors (Lipinski definition) is 3. The number of alkyl halides is 3. The Morgan fingerprint density at radius 1 is 1.33 bits per heavy atom. The monoisotopic (exact) mass is 341 g/mol. The standard InChI is InChI=1S/C16H15F4N3O/c1-9-21-14-4-5-23(8-12(14)15(24)22-9)7-10-2-3-11(6-13(10)17)16(18,19)20/h2-3,6H,4-5,7-8H2,1H3,(H,21,22,24). The topological polar surface area (TPSA) is 49.0 Å². The molecule has 1 aliphatic rings. The Morgan fingerprint density at radius 3 is 2.75 bits per heavy atom. The maximum atomic E-state index is 14.0. The quantitative estimate of drug-likeness (QED) is 0.855. The van der Waals surface area contributed by atoms with Crippen LogP contribution in [0.4, 0.5) is 17.6 Å². The van der Waals surface area contributed by atoms with Gasteiger partial charge in [0.15, 0.2) is 0 Å². The minimum atomic E-state index is -4.57. The molecule has 0 radical (unpaired) electrons. The van der Waals surface area contributed by atoms with Crippen molar-refractivity contribution >= 4 is 0 Å². The summed E-state index contributed by atoms with van der Waals surface area (Å²) in [5, 5.41) is 0. The van der Waals surface area contributed by atoms with Crippen LogP contribution in [0.3, 0.4) is 0 Å². The van der Waals surface area contributed by atoms with Crippen LogP contribution in [0.5, 0.6) is 0 Å². The summed E-state index contributed by atoms with van der Waals surface area (Å²) in [5.74, 6) is -0.354. The molecule has 24 heavy (non-hydrogen) atoms. The third-order valence-electron chi connectivity index (χ3n) is 4.04. The predicted octanol–water partition coefficient (Wildman–Crippen LogP) is 2.79. The number of nitrogens with zero attached hydrogens (tertiary/aromatic N) is 2. The molecule has 1 aromatic heterocycles. The van der Waals surface area contributed by atoms with Crippen LogP contribution >= 0.6 is 0 Å². The highest BCUT2D eigenvalue weighted by atomic mass is 19.4. The zero-order valence-corrected chi connectivity index (χ0v) is 12.9. The summed E-state index contributed by atoms with van der Waals surface area (Å²) in [5.41, 5.74) is 0.182. The van der Waals surface area contributed by atoms with E-state index in [9.17, 15) is 22.4 Å². The molecule has 8 heteroatoms. The molecule has 128 valence electrons. The van der Waals surface area contributed by atoms with Crippen molar-refractivity contribution < 1.29 is 17.6 Å². The van der Waals surface area contributed by atoms with Crippen molar-refractivity contribution in [3.8, 4) is 0 Å². The summed E-state index contributed by atoms with van der Waals surface area (Å²) in [4.78, 5) is 20.7. The normalized spacial score (nSPS) is 15.4. The highest BCUT2D eigenvalue weighted by molar-refractivity contribution is 5.27. The minimum Gasteiger partial charge on any atom is -0.310 e. The molecule has 0 saturated heterocycles. The van der Waals surface area contributed by atoms with Crippen molar-refractivity contribution in [2.75, 3.05) is 6.54 Å². The van der Waals surface area contributed by atoms with E-state index < -0.39 is 17.6 Å². The van der Waals surface area contributed by atoms with Gasteiger partial charge in [-0.25, -0.2) is 9.37 Å². The van der Waals surface area contributed by atoms with E-state index >= 15 is 0 Å². The molecule has 0 bridgehead atoms. The number of aromatic amines is 1. The Hall–Kier alpha value is -2.22. The molecule has 0 spiro atoms. The van der Waals surface area contributed by atoms with Crippen LogP contribution in [0.1, 0.15) is 28.2 Å². The van der Waals surface area contributed by atoms with E-state index in [0.717, 1.165) is 17.8 Å². The van der Waals surface area contributed by atoms with Crippen molar-refractivity contribution in [2.45, 2.75) is 32.6 Å². The minimum absolute atomic E-state index is 0.136. The maximum absolute atomic E-state index is 14.0. The Balaban J connectivity index is 1.79. The van der Waals surface area contributed by atoms with Crippen LogP contribution in [0, 0.1) is 12.7 Å². The molecule has 3 rings (SSSR count). The number of rotatable bonds is 2. The third kappa shape index (κ3) is 3.33. The van der Waals surface area contributed by atoms with E-state index in [-0.39, 0.29) is 17.7 Å². The average Bonchev–Trinajstić information content (AvgIpc) is 2.48. The van der Waals surface area contributed by atoms with E-state index in [4.69, 9.17) is 0 Å². The van der Waals surface area contributed by atoms with Crippen LogP contribution in [-0.2, 0) is 25.7 Å². The second kappa shape index (κ2) is 6.01. The molecule has 1 aromatic carbocycles. The fraction of sp³-hybridized carbons (Fsp3) is 0.375. The molecular formula is C16H15F4N3O. The van der Waals surface area contributed by atoms with Gasteiger partial charge in [0, 0.05) is 31.6 Å². The van der Waals surface area contributed by atoms with Gasteiger partial charge in [0.05, 0.1) is 16.8 Å². The van der Waals surface area contributed by atoms with Crippen LogP contribution in [-0.4, -0.2) is 21.4 Å². The van der Waals surface area contributed by atoms with Gasteiger partial charge in [0.25, 0.3) is 5.56 Å². The summed E-state index contributed by atoms with van der Waals surface area (Å²) in [6.45, 7) is 2.68. The lowest BCUT2D eigenvalue weighted by molar-refractivity contribution is -0.137. The molecule has 0 aliphatic carbocycles.